The number of hydrogen-bond donors (Lipinski definition) is 0. The number of aromatic nitrogens is 1. The minimum atomic E-state index is -6.50. The average molecular weight is 792 g/mol. The van der Waals surface area contributed by atoms with Gasteiger partial charge in [-0.2, -0.15) is 0 Å². The van der Waals surface area contributed by atoms with E-state index in [0.29, 0.717) is 0 Å². The van der Waals surface area contributed by atoms with Gasteiger partial charge in [0.2, 0.25) is 0 Å². The van der Waals surface area contributed by atoms with Crippen LogP contribution in [0.1, 0.15) is 33.9 Å². The van der Waals surface area contributed by atoms with Gasteiger partial charge in [-0.3, -0.25) is 0 Å². The number of halogens is 9. The number of pyridine rings is 1. The number of benzene rings is 5. The molecule has 6 aromatic rings. The molecule has 5 aromatic carbocycles. The average Bonchev–Trinajstić information content (AvgIpc) is 3.14. The summed E-state index contributed by atoms with van der Waals surface area (Å²) in [7, 11) is -6.50. The summed E-state index contributed by atoms with van der Waals surface area (Å²) < 4.78 is 161. The van der Waals surface area contributed by atoms with Gasteiger partial charge in [0.1, 0.15) is 0 Å². The number of hydrogen-bond acceptors (Lipinski definition) is 4. The fourth-order valence-corrected chi connectivity index (χ4v) is 14.7. The van der Waals surface area contributed by atoms with E-state index in [1.165, 1.54) is 97.1 Å². The molecule has 0 saturated carbocycles. The first-order valence-electron chi connectivity index (χ1n) is 15.9. The number of rotatable bonds is 9. The van der Waals surface area contributed by atoms with E-state index in [1.807, 2.05) is 0 Å². The zero-order chi connectivity index (χ0) is 39.0. The molecular formula is C39H27F9NO3PS. The van der Waals surface area contributed by atoms with E-state index in [4.69, 9.17) is 3.97 Å². The second kappa shape index (κ2) is 14.0. The second-order valence-electron chi connectivity index (χ2n) is 12.1. The maximum atomic E-state index is 14.6. The van der Waals surface area contributed by atoms with Crippen molar-refractivity contribution in [2.45, 2.75) is 23.8 Å². The standard InChI is InChI=1S/C39H27F9NO3PS/c40-37(41,42)29-14-10-12-27(24-29)36(28-13-11-15-30(25-28)38(43,44)45)35-26-34(22-23-49-35)53(31-16-4-1-5-17-31,32-18-6-2-7-19-32,33-20-8-3-9-21-33)52-54(50,51)39(46,47)48/h1-26,36H. The first kappa shape index (κ1) is 38.7. The van der Waals surface area contributed by atoms with Crippen LogP contribution in [0, 0.1) is 0 Å². The molecule has 0 unspecified atom stereocenters. The Morgan fingerprint density at radius 2 is 0.907 bits per heavy atom. The zero-order valence-corrected chi connectivity index (χ0v) is 29.2. The van der Waals surface area contributed by atoms with Crippen molar-refractivity contribution in [1.82, 2.24) is 4.98 Å². The van der Waals surface area contributed by atoms with Gasteiger partial charge in [0.25, 0.3) is 0 Å². The van der Waals surface area contributed by atoms with Crippen LogP contribution in [-0.2, 0) is 26.4 Å². The van der Waals surface area contributed by atoms with Crippen molar-refractivity contribution in [3.8, 4) is 0 Å². The van der Waals surface area contributed by atoms with Crippen LogP contribution in [0.5, 0.6) is 0 Å². The third kappa shape index (κ3) is 6.78. The molecule has 0 aliphatic heterocycles. The predicted octanol–water partition coefficient (Wildman–Crippen LogP) is 9.24. The first-order chi connectivity index (χ1) is 25.4. The topological polar surface area (TPSA) is 56.3 Å². The maximum absolute atomic E-state index is 14.6. The molecule has 1 heterocycles. The Hall–Kier alpha value is -5.04. The predicted molar refractivity (Wildman–Crippen MR) is 189 cm³/mol. The Kier molecular flexibility index (Phi) is 10.0. The van der Waals surface area contributed by atoms with Crippen LogP contribution < -0.4 is 21.2 Å². The molecule has 0 N–H and O–H groups in total. The van der Waals surface area contributed by atoms with Gasteiger partial charge in [-0.05, 0) is 0 Å². The van der Waals surface area contributed by atoms with Crippen LogP contribution >= 0.6 is 6.83 Å². The van der Waals surface area contributed by atoms with Gasteiger partial charge in [-0.25, -0.2) is 0 Å². The van der Waals surface area contributed by atoms with Crippen LogP contribution in [0.4, 0.5) is 39.5 Å². The van der Waals surface area contributed by atoms with Gasteiger partial charge >= 0.3 is 305 Å². The van der Waals surface area contributed by atoms with E-state index in [2.05, 4.69) is 4.98 Å². The third-order valence-corrected chi connectivity index (χ3v) is 16.6. The Labute approximate surface area is 304 Å². The van der Waals surface area contributed by atoms with Gasteiger partial charge in [0.05, 0.1) is 0 Å². The van der Waals surface area contributed by atoms with Crippen LogP contribution in [0.3, 0.4) is 0 Å². The Morgan fingerprint density at radius 3 is 1.28 bits per heavy atom. The van der Waals surface area contributed by atoms with Gasteiger partial charge in [-0.15, -0.1) is 0 Å². The quantitative estimate of drug-likeness (QED) is 0.0833. The molecule has 0 spiro atoms. The van der Waals surface area contributed by atoms with Crippen molar-refractivity contribution in [2.75, 3.05) is 0 Å². The molecule has 1 aromatic heterocycles. The summed E-state index contributed by atoms with van der Waals surface area (Å²) in [5.74, 6) is -1.49. The molecule has 0 amide bonds. The summed E-state index contributed by atoms with van der Waals surface area (Å²) in [6.45, 7) is -5.71. The van der Waals surface area contributed by atoms with Crippen molar-refractivity contribution in [1.29, 1.82) is 0 Å². The third-order valence-electron chi connectivity index (χ3n) is 8.93. The van der Waals surface area contributed by atoms with E-state index in [9.17, 15) is 47.9 Å². The summed E-state index contributed by atoms with van der Waals surface area (Å²) in [6, 6.07) is 32.1. The SMILES string of the molecule is O=S(=O)(OP(c1ccccc1)(c1ccccc1)(c1ccccc1)c1ccnc(C(c2cccc(C(F)(F)F)c2)c2cccc(C(F)(F)F)c2)c1)C(F)(F)F. The normalized spacial score (nSPS) is 13.7. The van der Waals surface area contributed by atoms with E-state index in [0.717, 1.165) is 42.6 Å². The van der Waals surface area contributed by atoms with Gasteiger partial charge in [-0.1, -0.05) is 0 Å². The monoisotopic (exact) mass is 791 g/mol. The molecule has 54 heavy (non-hydrogen) atoms. The number of nitrogens with zero attached hydrogens (tertiary/aromatic N) is 1. The van der Waals surface area contributed by atoms with Crippen molar-refractivity contribution < 1.29 is 51.9 Å². The zero-order valence-electron chi connectivity index (χ0n) is 27.5. The van der Waals surface area contributed by atoms with Gasteiger partial charge in [0, 0.05) is 0 Å². The van der Waals surface area contributed by atoms with Crippen LogP contribution in [0.15, 0.2) is 158 Å². The summed E-state index contributed by atoms with van der Waals surface area (Å²) in [6.07, 6.45) is -8.61. The molecule has 280 valence electrons. The molecule has 15 heteroatoms. The van der Waals surface area contributed by atoms with E-state index < -0.39 is 51.9 Å². The molecule has 0 saturated heterocycles. The molecule has 0 radical (unpaired) electrons. The number of alkyl halides is 9. The summed E-state index contributed by atoms with van der Waals surface area (Å²) >= 11 is 0. The van der Waals surface area contributed by atoms with E-state index in [1.54, 1.807) is 18.2 Å². The summed E-state index contributed by atoms with van der Waals surface area (Å²) in [5, 5.41) is -0.229. The van der Waals surface area contributed by atoms with Crippen molar-refractivity contribution in [3.05, 3.63) is 186 Å². The van der Waals surface area contributed by atoms with Gasteiger partial charge < -0.3 is 0 Å². The van der Waals surface area contributed by atoms with Crippen LogP contribution in [-0.4, -0.2) is 18.9 Å². The van der Waals surface area contributed by atoms with E-state index >= 15 is 0 Å². The Balaban J connectivity index is 1.80. The molecule has 4 nitrogen and oxygen atoms in total. The fourth-order valence-electron chi connectivity index (χ4n) is 6.63. The summed E-state index contributed by atoms with van der Waals surface area (Å²) in [4.78, 5) is 4.38. The van der Waals surface area contributed by atoms with Crippen molar-refractivity contribution >= 4 is 38.2 Å². The van der Waals surface area contributed by atoms with Crippen LogP contribution in [0.25, 0.3) is 0 Å². The van der Waals surface area contributed by atoms with Gasteiger partial charge in [0.15, 0.2) is 0 Å². The summed E-state index contributed by atoms with van der Waals surface area (Å²) in [5.41, 5.74) is -8.70. The van der Waals surface area contributed by atoms with E-state index in [-0.39, 0.29) is 38.0 Å². The van der Waals surface area contributed by atoms with Crippen LogP contribution in [0.2, 0.25) is 0 Å². The minimum absolute atomic E-state index is 0.0134. The molecule has 6 rings (SSSR count). The fraction of sp³-hybridized carbons (Fsp3) is 0.103. The molecular weight excluding hydrogens is 764 g/mol. The molecule has 0 aliphatic carbocycles. The Morgan fingerprint density at radius 1 is 0.500 bits per heavy atom. The molecule has 0 fully saturated rings. The molecule has 0 aliphatic rings. The molecule has 0 bridgehead atoms. The first-order valence-corrected chi connectivity index (χ1v) is 19.5. The molecule has 0 atom stereocenters. The van der Waals surface area contributed by atoms with Crippen molar-refractivity contribution in [3.63, 3.8) is 0 Å². The second-order valence-corrected chi connectivity index (χ2v) is 18.2. The Bertz CT molecular complexity index is 2210. The van der Waals surface area contributed by atoms with Crippen molar-refractivity contribution in [2.24, 2.45) is 0 Å².